The highest BCUT2D eigenvalue weighted by Gasteiger charge is 2.25. The number of methoxy groups -OCH3 is 2. The lowest BCUT2D eigenvalue weighted by molar-refractivity contribution is -0.385. The van der Waals surface area contributed by atoms with Gasteiger partial charge in [-0.05, 0) is 18.2 Å². The van der Waals surface area contributed by atoms with Crippen LogP contribution in [0, 0.1) is 10.1 Å². The number of carbonyl (C=O) groups is 1. The number of nitrogens with zero attached hydrogens (tertiary/aromatic N) is 1. The molecule has 126 valence electrons. The van der Waals surface area contributed by atoms with Gasteiger partial charge in [-0.15, -0.1) is 0 Å². The monoisotopic (exact) mass is 414 g/mol. The molecule has 2 aromatic carbocycles. The third-order valence-corrected chi connectivity index (χ3v) is 3.93. The molecular formula is C15H12BrClN2O5. The molecule has 24 heavy (non-hydrogen) atoms. The first kappa shape index (κ1) is 18.0. The summed E-state index contributed by atoms with van der Waals surface area (Å²) >= 11 is 9.30. The first-order valence-electron chi connectivity index (χ1n) is 6.54. The number of nitrogens with one attached hydrogen (secondary N) is 1. The van der Waals surface area contributed by atoms with Crippen LogP contribution in [0.1, 0.15) is 10.4 Å². The van der Waals surface area contributed by atoms with Crippen LogP contribution >= 0.6 is 27.5 Å². The highest BCUT2D eigenvalue weighted by molar-refractivity contribution is 9.10. The molecule has 0 aliphatic heterocycles. The van der Waals surface area contributed by atoms with Gasteiger partial charge in [0.15, 0.2) is 11.5 Å². The van der Waals surface area contributed by atoms with E-state index in [4.69, 9.17) is 21.1 Å². The molecule has 0 radical (unpaired) electrons. The van der Waals surface area contributed by atoms with E-state index in [1.54, 1.807) is 18.2 Å². The number of ether oxygens (including phenoxy) is 2. The summed E-state index contributed by atoms with van der Waals surface area (Å²) in [5.41, 5.74) is -0.246. The minimum Gasteiger partial charge on any atom is -0.493 e. The molecule has 1 amide bonds. The second-order valence-corrected chi connectivity index (χ2v) is 5.88. The van der Waals surface area contributed by atoms with Gasteiger partial charge < -0.3 is 14.8 Å². The molecule has 0 fully saturated rings. The van der Waals surface area contributed by atoms with Crippen molar-refractivity contribution in [3.63, 3.8) is 0 Å². The van der Waals surface area contributed by atoms with E-state index in [0.717, 1.165) is 10.5 Å². The van der Waals surface area contributed by atoms with Gasteiger partial charge in [-0.25, -0.2) is 0 Å². The number of hydrogen-bond acceptors (Lipinski definition) is 5. The van der Waals surface area contributed by atoms with Crippen molar-refractivity contribution < 1.29 is 19.2 Å². The molecule has 0 spiro atoms. The number of nitro groups is 1. The Morgan fingerprint density at radius 3 is 2.38 bits per heavy atom. The van der Waals surface area contributed by atoms with Crippen molar-refractivity contribution in [1.82, 2.24) is 0 Å². The fourth-order valence-corrected chi connectivity index (χ4v) is 2.70. The van der Waals surface area contributed by atoms with Crippen molar-refractivity contribution in [1.29, 1.82) is 0 Å². The van der Waals surface area contributed by atoms with Crippen LogP contribution in [0.25, 0.3) is 0 Å². The zero-order chi connectivity index (χ0) is 17.9. The maximum absolute atomic E-state index is 12.5. The largest absolute Gasteiger partial charge is 0.493 e. The Hall–Kier alpha value is -2.32. The van der Waals surface area contributed by atoms with Gasteiger partial charge in [0.25, 0.3) is 11.6 Å². The maximum Gasteiger partial charge on any atom is 0.286 e. The van der Waals surface area contributed by atoms with Crippen LogP contribution in [0.15, 0.2) is 34.8 Å². The summed E-state index contributed by atoms with van der Waals surface area (Å²) in [6, 6.07) is 7.25. The molecule has 2 rings (SSSR count). The number of carbonyl (C=O) groups excluding carboxylic acids is 1. The molecular weight excluding hydrogens is 404 g/mol. The first-order valence-corrected chi connectivity index (χ1v) is 7.71. The average Bonchev–Trinajstić information content (AvgIpc) is 2.55. The van der Waals surface area contributed by atoms with Crippen LogP contribution in [-0.2, 0) is 0 Å². The molecule has 0 aliphatic rings. The van der Waals surface area contributed by atoms with Gasteiger partial charge in [-0.2, -0.15) is 0 Å². The molecule has 9 heteroatoms. The topological polar surface area (TPSA) is 90.7 Å². The van der Waals surface area contributed by atoms with Crippen LogP contribution in [-0.4, -0.2) is 25.1 Å². The number of amides is 1. The van der Waals surface area contributed by atoms with E-state index in [0.29, 0.717) is 10.7 Å². The Balaban J connectivity index is 2.45. The van der Waals surface area contributed by atoms with Gasteiger partial charge in [-0.1, -0.05) is 27.5 Å². The Morgan fingerprint density at radius 1 is 1.21 bits per heavy atom. The van der Waals surface area contributed by atoms with Crippen molar-refractivity contribution in [2.24, 2.45) is 0 Å². The number of nitro benzene ring substituents is 1. The van der Waals surface area contributed by atoms with E-state index in [9.17, 15) is 14.9 Å². The van der Waals surface area contributed by atoms with E-state index in [1.165, 1.54) is 20.3 Å². The Morgan fingerprint density at radius 2 is 1.83 bits per heavy atom. The van der Waals surface area contributed by atoms with Gasteiger partial charge in [0.05, 0.1) is 35.9 Å². The quantitative estimate of drug-likeness (QED) is 0.581. The second kappa shape index (κ2) is 7.50. The fourth-order valence-electron chi connectivity index (χ4n) is 1.98. The van der Waals surface area contributed by atoms with Crippen LogP contribution in [0.3, 0.4) is 0 Å². The van der Waals surface area contributed by atoms with E-state index < -0.39 is 16.5 Å². The van der Waals surface area contributed by atoms with Crippen LogP contribution in [0.4, 0.5) is 11.4 Å². The number of hydrogen-bond donors (Lipinski definition) is 1. The summed E-state index contributed by atoms with van der Waals surface area (Å²) in [6.45, 7) is 0. The predicted octanol–water partition coefficient (Wildman–Crippen LogP) is 4.28. The Labute approximate surface area is 150 Å². The lowest BCUT2D eigenvalue weighted by Crippen LogP contribution is -2.14. The first-order chi connectivity index (χ1) is 11.4. The second-order valence-electron chi connectivity index (χ2n) is 4.56. The molecule has 0 atom stereocenters. The molecule has 7 nitrogen and oxygen atoms in total. The molecule has 0 saturated heterocycles. The summed E-state index contributed by atoms with van der Waals surface area (Å²) < 4.78 is 10.9. The summed E-state index contributed by atoms with van der Waals surface area (Å²) in [7, 11) is 2.72. The van der Waals surface area contributed by atoms with Gasteiger partial charge in [0.1, 0.15) is 5.56 Å². The minimum atomic E-state index is -0.688. The lowest BCUT2D eigenvalue weighted by Gasteiger charge is -2.11. The highest BCUT2D eigenvalue weighted by Crippen LogP contribution is 2.35. The molecule has 0 unspecified atom stereocenters. The summed E-state index contributed by atoms with van der Waals surface area (Å²) in [6.07, 6.45) is 0. The van der Waals surface area contributed by atoms with Crippen molar-refractivity contribution >= 4 is 44.8 Å². The number of rotatable bonds is 5. The molecule has 2 aromatic rings. The van der Waals surface area contributed by atoms with Crippen molar-refractivity contribution in [2.45, 2.75) is 0 Å². The number of halogens is 2. The van der Waals surface area contributed by atoms with Gasteiger partial charge in [0.2, 0.25) is 0 Å². The fraction of sp³-hybridized carbons (Fsp3) is 0.133. The smallest absolute Gasteiger partial charge is 0.286 e. The normalized spacial score (nSPS) is 10.2. The third kappa shape index (κ3) is 3.77. The Bertz CT molecular complexity index is 813. The third-order valence-electron chi connectivity index (χ3n) is 3.12. The van der Waals surface area contributed by atoms with Crippen molar-refractivity contribution in [3.05, 3.63) is 55.5 Å². The zero-order valence-corrected chi connectivity index (χ0v) is 15.0. The Kier molecular flexibility index (Phi) is 5.63. The van der Waals surface area contributed by atoms with E-state index >= 15 is 0 Å². The zero-order valence-electron chi connectivity index (χ0n) is 12.6. The minimum absolute atomic E-state index is 0.155. The molecule has 0 heterocycles. The predicted molar refractivity (Wildman–Crippen MR) is 93.3 cm³/mol. The van der Waals surface area contributed by atoms with Crippen LogP contribution in [0.5, 0.6) is 11.5 Å². The lowest BCUT2D eigenvalue weighted by atomic mass is 10.1. The van der Waals surface area contributed by atoms with Gasteiger partial charge in [-0.3, -0.25) is 14.9 Å². The number of anilines is 1. The number of benzene rings is 2. The standard InChI is InChI=1S/C15H12BrClN2O5/c1-23-13-6-9(12(19(21)22)7-14(13)24-2)15(20)18-11-4-3-8(16)5-10(11)17/h3-7H,1-2H3,(H,18,20). The molecule has 0 saturated carbocycles. The molecule has 0 aliphatic carbocycles. The SMILES string of the molecule is COc1cc(C(=O)Nc2ccc(Br)cc2Cl)c([N+](=O)[O-])cc1OC. The summed E-state index contributed by atoms with van der Waals surface area (Å²) in [5.74, 6) is -0.329. The average molecular weight is 416 g/mol. The molecule has 0 aromatic heterocycles. The van der Waals surface area contributed by atoms with Crippen molar-refractivity contribution in [3.8, 4) is 11.5 Å². The maximum atomic E-state index is 12.5. The van der Waals surface area contributed by atoms with Crippen LogP contribution in [0.2, 0.25) is 5.02 Å². The molecule has 1 N–H and O–H groups in total. The van der Waals surface area contributed by atoms with Gasteiger partial charge in [0, 0.05) is 10.5 Å². The van der Waals surface area contributed by atoms with E-state index in [2.05, 4.69) is 21.2 Å². The highest BCUT2D eigenvalue weighted by atomic mass is 79.9. The van der Waals surface area contributed by atoms with Gasteiger partial charge >= 0.3 is 0 Å². The summed E-state index contributed by atoms with van der Waals surface area (Å²) in [5, 5.41) is 14.1. The summed E-state index contributed by atoms with van der Waals surface area (Å²) in [4.78, 5) is 23.1. The van der Waals surface area contributed by atoms with Crippen LogP contribution < -0.4 is 14.8 Å². The van der Waals surface area contributed by atoms with Crippen molar-refractivity contribution in [2.75, 3.05) is 19.5 Å². The van der Waals surface area contributed by atoms with E-state index in [-0.39, 0.29) is 17.1 Å². The van der Waals surface area contributed by atoms with E-state index in [1.807, 2.05) is 0 Å². The molecule has 0 bridgehead atoms.